The normalized spacial score (nSPS) is 12.3. The van der Waals surface area contributed by atoms with Gasteiger partial charge in [0, 0.05) is 4.98 Å². The smallest absolute Gasteiger partial charge is 0.366 e. The molecule has 2 N–H and O–H groups in total. The predicted octanol–water partition coefficient (Wildman–Crippen LogP) is 0.675. The molecule has 19 heavy (non-hydrogen) atoms. The molecule has 0 radical (unpaired) electrons. The fraction of sp³-hybridized carbons (Fsp3) is 0.167. The lowest BCUT2D eigenvalue weighted by molar-refractivity contribution is -0.393. The van der Waals surface area contributed by atoms with Crippen LogP contribution in [0.2, 0.25) is 0 Å². The summed E-state index contributed by atoms with van der Waals surface area (Å²) in [6.45, 7) is 0. The van der Waals surface area contributed by atoms with E-state index in [1.54, 1.807) is 0 Å². The van der Waals surface area contributed by atoms with Gasteiger partial charge in [-0.3, -0.25) is 0 Å². The van der Waals surface area contributed by atoms with E-state index in [4.69, 9.17) is 0 Å². The SMILES string of the molecule is NS(=O)(=O)c1c(F)cc(OC(F)(F)F)nc1[N+](=O)[O-]. The third-order valence-electron chi connectivity index (χ3n) is 1.56. The highest BCUT2D eigenvalue weighted by atomic mass is 32.2. The van der Waals surface area contributed by atoms with Crippen molar-refractivity contribution in [2.24, 2.45) is 5.14 Å². The first kappa shape index (κ1) is 15.0. The van der Waals surface area contributed by atoms with Gasteiger partial charge in [-0.25, -0.2) is 17.9 Å². The van der Waals surface area contributed by atoms with Gasteiger partial charge in [0.2, 0.25) is 14.9 Å². The maximum Gasteiger partial charge on any atom is 0.575 e. The van der Waals surface area contributed by atoms with Crippen molar-refractivity contribution < 1.29 is 35.6 Å². The predicted molar refractivity (Wildman–Crippen MR) is 48.9 cm³/mol. The Morgan fingerprint density at radius 3 is 2.32 bits per heavy atom. The summed E-state index contributed by atoms with van der Waals surface area (Å²) < 4.78 is 73.8. The summed E-state index contributed by atoms with van der Waals surface area (Å²) in [7, 11) is -4.89. The molecule has 0 aliphatic rings. The average Bonchev–Trinajstić information content (AvgIpc) is 2.10. The number of nitro groups is 1. The second-order valence-corrected chi connectivity index (χ2v) is 4.44. The van der Waals surface area contributed by atoms with Crippen LogP contribution in [0.3, 0.4) is 0 Å². The second kappa shape index (κ2) is 4.58. The second-order valence-electron chi connectivity index (χ2n) is 2.94. The molecule has 1 aromatic rings. The minimum atomic E-state index is -5.28. The fourth-order valence-corrected chi connectivity index (χ4v) is 1.73. The highest BCUT2D eigenvalue weighted by Crippen LogP contribution is 2.29. The Bertz CT molecular complexity index is 628. The molecular formula is C6H3F4N3O5S. The zero-order chi connectivity index (χ0) is 15.0. The van der Waals surface area contributed by atoms with E-state index >= 15 is 0 Å². The van der Waals surface area contributed by atoms with Crippen LogP contribution in [-0.2, 0) is 10.0 Å². The zero-order valence-corrected chi connectivity index (χ0v) is 9.33. The summed E-state index contributed by atoms with van der Waals surface area (Å²) in [6, 6.07) is -0.0831. The number of hydrogen-bond acceptors (Lipinski definition) is 6. The van der Waals surface area contributed by atoms with Gasteiger partial charge in [0.05, 0.1) is 6.07 Å². The van der Waals surface area contributed by atoms with Crippen LogP contribution < -0.4 is 9.88 Å². The van der Waals surface area contributed by atoms with Crippen LogP contribution in [0.4, 0.5) is 23.4 Å². The molecule has 0 amide bonds. The number of halogens is 4. The number of rotatable bonds is 3. The molecule has 106 valence electrons. The molecule has 1 heterocycles. The van der Waals surface area contributed by atoms with Crippen molar-refractivity contribution in [3.05, 3.63) is 22.0 Å². The summed E-state index contributed by atoms with van der Waals surface area (Å²) >= 11 is 0. The first-order chi connectivity index (χ1) is 8.42. The zero-order valence-electron chi connectivity index (χ0n) is 8.51. The van der Waals surface area contributed by atoms with Crippen LogP contribution in [0.5, 0.6) is 5.88 Å². The monoisotopic (exact) mass is 305 g/mol. The Hall–Kier alpha value is -2.02. The first-order valence-electron chi connectivity index (χ1n) is 4.05. The van der Waals surface area contributed by atoms with Crippen molar-refractivity contribution in [1.29, 1.82) is 0 Å². The highest BCUT2D eigenvalue weighted by Gasteiger charge is 2.37. The fourth-order valence-electron chi connectivity index (χ4n) is 1.03. The standard InChI is InChI=1S/C6H3F4N3O5S/c7-2-1-3(18-6(8,9)10)12-5(13(14)15)4(2)19(11,16)17/h1H,(H2,11,16,17). The summed E-state index contributed by atoms with van der Waals surface area (Å²) in [4.78, 5) is 9.96. The van der Waals surface area contributed by atoms with E-state index in [9.17, 15) is 36.1 Å². The third kappa shape index (κ3) is 3.72. The molecule has 0 saturated carbocycles. The summed E-state index contributed by atoms with van der Waals surface area (Å²) in [5, 5.41) is 15.0. The van der Waals surface area contributed by atoms with Crippen molar-refractivity contribution in [2.75, 3.05) is 0 Å². The van der Waals surface area contributed by atoms with Gasteiger partial charge in [-0.05, 0) is 4.92 Å². The van der Waals surface area contributed by atoms with Crippen molar-refractivity contribution in [1.82, 2.24) is 4.98 Å². The lowest BCUT2D eigenvalue weighted by Crippen LogP contribution is -2.21. The van der Waals surface area contributed by atoms with Gasteiger partial charge in [-0.15, -0.1) is 13.2 Å². The number of pyridine rings is 1. The number of primary sulfonamides is 1. The first-order valence-corrected chi connectivity index (χ1v) is 5.60. The van der Waals surface area contributed by atoms with Crippen LogP contribution in [-0.4, -0.2) is 24.7 Å². The summed E-state index contributed by atoms with van der Waals surface area (Å²) in [6.07, 6.45) is -5.28. The van der Waals surface area contributed by atoms with Gasteiger partial charge in [0.1, 0.15) is 0 Å². The Kier molecular flexibility index (Phi) is 3.63. The summed E-state index contributed by atoms with van der Waals surface area (Å²) in [5.41, 5.74) is 0. The average molecular weight is 305 g/mol. The number of ether oxygens (including phenoxy) is 1. The molecule has 0 unspecified atom stereocenters. The number of hydrogen-bond donors (Lipinski definition) is 1. The molecule has 0 aliphatic heterocycles. The molecule has 0 aliphatic carbocycles. The van der Waals surface area contributed by atoms with Gasteiger partial charge in [-0.1, -0.05) is 0 Å². The van der Waals surface area contributed by atoms with E-state index in [0.717, 1.165) is 0 Å². The van der Waals surface area contributed by atoms with Crippen molar-refractivity contribution in [3.8, 4) is 5.88 Å². The largest absolute Gasteiger partial charge is 0.575 e. The van der Waals surface area contributed by atoms with Gasteiger partial charge in [0.25, 0.3) is 0 Å². The molecule has 0 fully saturated rings. The van der Waals surface area contributed by atoms with E-state index in [2.05, 4.69) is 14.9 Å². The van der Waals surface area contributed by atoms with Crippen LogP contribution in [0.1, 0.15) is 0 Å². The Balaban J connectivity index is 3.52. The maximum absolute atomic E-state index is 13.3. The molecule has 0 saturated heterocycles. The van der Waals surface area contributed by atoms with E-state index in [-0.39, 0.29) is 6.07 Å². The van der Waals surface area contributed by atoms with E-state index in [1.807, 2.05) is 0 Å². The molecule has 0 aromatic carbocycles. The van der Waals surface area contributed by atoms with Gasteiger partial charge < -0.3 is 14.9 Å². The Morgan fingerprint density at radius 1 is 1.42 bits per heavy atom. The number of sulfonamides is 1. The van der Waals surface area contributed by atoms with Gasteiger partial charge >= 0.3 is 18.1 Å². The number of nitrogens with zero attached hydrogens (tertiary/aromatic N) is 2. The maximum atomic E-state index is 13.3. The van der Waals surface area contributed by atoms with Gasteiger partial charge in [-0.2, -0.15) is 0 Å². The quantitative estimate of drug-likeness (QED) is 0.497. The lowest BCUT2D eigenvalue weighted by Gasteiger charge is -2.06. The molecule has 13 heteroatoms. The van der Waals surface area contributed by atoms with Crippen molar-refractivity contribution in [3.63, 3.8) is 0 Å². The van der Waals surface area contributed by atoms with E-state index < -0.39 is 43.7 Å². The van der Waals surface area contributed by atoms with Crippen LogP contribution in [0.15, 0.2) is 11.0 Å². The Morgan fingerprint density at radius 2 is 1.95 bits per heavy atom. The van der Waals surface area contributed by atoms with Crippen LogP contribution >= 0.6 is 0 Å². The lowest BCUT2D eigenvalue weighted by atomic mass is 10.4. The van der Waals surface area contributed by atoms with Crippen molar-refractivity contribution in [2.45, 2.75) is 11.3 Å². The number of alkyl halides is 3. The van der Waals surface area contributed by atoms with E-state index in [1.165, 1.54) is 0 Å². The van der Waals surface area contributed by atoms with Gasteiger partial charge in [0.15, 0.2) is 5.82 Å². The van der Waals surface area contributed by atoms with Crippen molar-refractivity contribution >= 4 is 15.8 Å². The molecule has 1 rings (SSSR count). The molecular weight excluding hydrogens is 302 g/mol. The van der Waals surface area contributed by atoms with Crippen LogP contribution in [0.25, 0.3) is 0 Å². The minimum absolute atomic E-state index is 0.0831. The number of nitrogens with two attached hydrogens (primary N) is 1. The highest BCUT2D eigenvalue weighted by molar-refractivity contribution is 7.89. The molecule has 1 aromatic heterocycles. The third-order valence-corrected chi connectivity index (χ3v) is 2.51. The topological polar surface area (TPSA) is 125 Å². The van der Waals surface area contributed by atoms with E-state index in [0.29, 0.717) is 0 Å². The summed E-state index contributed by atoms with van der Waals surface area (Å²) in [5.74, 6) is -5.12. The molecule has 0 atom stereocenters. The molecule has 0 bridgehead atoms. The Labute approximate surface area is 102 Å². The number of aromatic nitrogens is 1. The van der Waals surface area contributed by atoms with Crippen LogP contribution in [0, 0.1) is 15.9 Å². The molecule has 0 spiro atoms. The minimum Gasteiger partial charge on any atom is -0.366 e. The molecule has 8 nitrogen and oxygen atoms in total.